The molecule has 41 heavy (non-hydrogen) atoms. The van der Waals surface area contributed by atoms with Gasteiger partial charge in [0.1, 0.15) is 11.3 Å². The second-order valence-corrected chi connectivity index (χ2v) is 12.0. The largest absolute Gasteiger partial charge is 0.464 e. The highest BCUT2D eigenvalue weighted by molar-refractivity contribution is 7.89. The summed E-state index contributed by atoms with van der Waals surface area (Å²) in [7, 11) is -2.51. The molecule has 10 nitrogen and oxygen atoms in total. The number of hydrogen-bond acceptors (Lipinski definition) is 7. The molecule has 0 bridgehead atoms. The number of benzene rings is 2. The minimum Gasteiger partial charge on any atom is -0.464 e. The van der Waals surface area contributed by atoms with Crippen LogP contribution in [0.15, 0.2) is 70.2 Å². The van der Waals surface area contributed by atoms with Gasteiger partial charge in [-0.25, -0.2) is 8.42 Å². The highest BCUT2D eigenvalue weighted by Gasteiger charge is 2.43. The van der Waals surface area contributed by atoms with E-state index in [9.17, 15) is 23.1 Å². The molecule has 2 aromatic carbocycles. The molecular formula is C30H38N4O6S. The van der Waals surface area contributed by atoms with E-state index in [2.05, 4.69) is 27.9 Å². The minimum atomic E-state index is -4.15. The second-order valence-electron chi connectivity index (χ2n) is 10.2. The topological polar surface area (TPSA) is 141 Å². The first-order valence-corrected chi connectivity index (χ1v) is 14.9. The lowest BCUT2D eigenvalue weighted by atomic mass is 9.98. The van der Waals surface area contributed by atoms with E-state index in [1.165, 1.54) is 18.4 Å². The lowest BCUT2D eigenvalue weighted by molar-refractivity contribution is -0.121. The van der Waals surface area contributed by atoms with Crippen LogP contribution in [0, 0.1) is 17.9 Å². The van der Waals surface area contributed by atoms with Crippen molar-refractivity contribution in [2.24, 2.45) is 5.92 Å². The van der Waals surface area contributed by atoms with E-state index in [1.807, 2.05) is 44.2 Å². The van der Waals surface area contributed by atoms with E-state index < -0.39 is 15.7 Å². The summed E-state index contributed by atoms with van der Waals surface area (Å²) in [6, 6.07) is 18.0. The monoisotopic (exact) mass is 582 g/mol. The molecule has 0 saturated carbocycles. The van der Waals surface area contributed by atoms with Crippen molar-refractivity contribution in [3.8, 4) is 12.0 Å². The molecule has 0 aliphatic rings. The molecule has 0 aliphatic carbocycles. The Hall–Kier alpha value is -3.69. The van der Waals surface area contributed by atoms with Crippen LogP contribution in [0.1, 0.15) is 38.7 Å². The van der Waals surface area contributed by atoms with Crippen molar-refractivity contribution in [2.75, 3.05) is 26.7 Å². The Morgan fingerprint density at radius 3 is 2.56 bits per heavy atom. The summed E-state index contributed by atoms with van der Waals surface area (Å²) in [4.78, 5) is 23.9. The quantitative estimate of drug-likeness (QED) is 0.130. The van der Waals surface area contributed by atoms with E-state index in [4.69, 9.17) is 4.42 Å². The zero-order valence-electron chi connectivity index (χ0n) is 23.6. The highest BCUT2D eigenvalue weighted by Crippen LogP contribution is 2.31. The number of nitrogens with zero attached hydrogens (tertiary/aromatic N) is 1. The molecular weight excluding hydrogens is 544 g/mol. The molecule has 1 aromatic heterocycles. The molecule has 4 N–H and O–H groups in total. The van der Waals surface area contributed by atoms with E-state index in [0.717, 1.165) is 9.87 Å². The maximum atomic E-state index is 14.1. The number of rotatable bonds is 14. The van der Waals surface area contributed by atoms with Gasteiger partial charge in [-0.3, -0.25) is 14.9 Å². The molecule has 11 heteroatoms. The van der Waals surface area contributed by atoms with E-state index in [1.54, 1.807) is 19.2 Å². The first-order valence-electron chi connectivity index (χ1n) is 13.5. The number of likely N-dealkylation sites (N-methyl/N-ethyl adjacent to an activating group) is 1. The summed E-state index contributed by atoms with van der Waals surface area (Å²) in [6.45, 7) is 4.02. The van der Waals surface area contributed by atoms with Crippen LogP contribution in [-0.2, 0) is 26.0 Å². The van der Waals surface area contributed by atoms with Gasteiger partial charge in [0.25, 0.3) is 0 Å². The molecule has 220 valence electrons. The first kappa shape index (κ1) is 31.8. The Morgan fingerprint density at radius 2 is 1.85 bits per heavy atom. The van der Waals surface area contributed by atoms with Crippen LogP contribution in [0.4, 0.5) is 0 Å². The summed E-state index contributed by atoms with van der Waals surface area (Å²) >= 11 is 0. The summed E-state index contributed by atoms with van der Waals surface area (Å²) < 4.78 is 34.6. The molecule has 1 unspecified atom stereocenters. The Morgan fingerprint density at radius 1 is 1.10 bits per heavy atom. The van der Waals surface area contributed by atoms with Crippen molar-refractivity contribution >= 4 is 32.8 Å². The molecule has 3 aromatic rings. The van der Waals surface area contributed by atoms with Crippen LogP contribution >= 0.6 is 0 Å². The van der Waals surface area contributed by atoms with Gasteiger partial charge in [-0.2, -0.15) is 4.31 Å². The summed E-state index contributed by atoms with van der Waals surface area (Å²) in [5, 5.41) is 20.6. The number of furan rings is 1. The van der Waals surface area contributed by atoms with Crippen molar-refractivity contribution in [3.05, 3.63) is 66.4 Å². The average molecular weight is 583 g/mol. The minimum absolute atomic E-state index is 0.0292. The Balaban J connectivity index is 1.79. The van der Waals surface area contributed by atoms with Gasteiger partial charge in [-0.15, -0.1) is 0 Å². The molecule has 3 rings (SSSR count). The fourth-order valence-corrected chi connectivity index (χ4v) is 6.20. The van der Waals surface area contributed by atoms with Gasteiger partial charge in [0.15, 0.2) is 0 Å². The number of carbonyl (C=O) groups excluding carboxylic acids is 2. The third kappa shape index (κ3) is 9.16. The standard InChI is InChI=1S/C30H38N4O6S/c1-23(2)22-34(41(38,39)26-12-13-27-25(19-26)14-18-40-27)30(37,20-24-9-5-4-6-10-24)15-17-33-28(35)11-7-8-16-32-29(36)21-31-3/h4-6,9-10,12-14,18-19,23,31,37H,7,11,15,17,20-22H2,1-3H3,(H,32,36)(H,33,35). The van der Waals surface area contributed by atoms with E-state index in [0.29, 0.717) is 11.0 Å². The molecule has 2 amide bonds. The van der Waals surface area contributed by atoms with E-state index >= 15 is 0 Å². The number of sulfonamides is 1. The van der Waals surface area contributed by atoms with Crippen LogP contribution in [0.5, 0.6) is 0 Å². The van der Waals surface area contributed by atoms with Gasteiger partial charge >= 0.3 is 0 Å². The predicted molar refractivity (Wildman–Crippen MR) is 157 cm³/mol. The number of hydrogen-bond donors (Lipinski definition) is 4. The van der Waals surface area contributed by atoms with Crippen molar-refractivity contribution in [2.45, 2.75) is 50.2 Å². The molecule has 1 heterocycles. The van der Waals surface area contributed by atoms with Crippen molar-refractivity contribution < 1.29 is 27.5 Å². The zero-order valence-corrected chi connectivity index (χ0v) is 24.5. The molecule has 0 saturated heterocycles. The number of nitrogens with one attached hydrogen (secondary N) is 3. The molecule has 1 atom stereocenters. The van der Waals surface area contributed by atoms with Gasteiger partial charge in [0.05, 0.1) is 17.7 Å². The van der Waals surface area contributed by atoms with Gasteiger partial charge in [-0.1, -0.05) is 50.1 Å². The van der Waals surface area contributed by atoms with Crippen LogP contribution in [0.2, 0.25) is 0 Å². The van der Waals surface area contributed by atoms with Crippen molar-refractivity contribution in [1.29, 1.82) is 0 Å². The zero-order chi connectivity index (χ0) is 29.9. The van der Waals surface area contributed by atoms with Gasteiger partial charge < -0.3 is 20.2 Å². The Bertz CT molecular complexity index is 1480. The third-order valence-corrected chi connectivity index (χ3v) is 8.21. The van der Waals surface area contributed by atoms with Crippen LogP contribution in [0.25, 0.3) is 11.0 Å². The fourth-order valence-electron chi connectivity index (χ4n) is 4.33. The predicted octanol–water partition coefficient (Wildman–Crippen LogP) is 2.59. The maximum Gasteiger partial charge on any atom is 0.245 e. The third-order valence-electron chi connectivity index (χ3n) is 6.29. The van der Waals surface area contributed by atoms with Crippen LogP contribution < -0.4 is 16.0 Å². The fraction of sp³-hybridized carbons (Fsp3) is 0.400. The lowest BCUT2D eigenvalue weighted by Crippen LogP contribution is -2.55. The van der Waals surface area contributed by atoms with E-state index in [-0.39, 0.29) is 67.9 Å². The number of amides is 2. The number of aliphatic hydroxyl groups is 1. The average Bonchev–Trinajstić information content (AvgIpc) is 3.40. The molecule has 0 fully saturated rings. The maximum absolute atomic E-state index is 14.1. The van der Waals surface area contributed by atoms with Gasteiger partial charge in [0, 0.05) is 50.2 Å². The Kier molecular flexibility index (Phi) is 11.5. The van der Waals surface area contributed by atoms with Crippen LogP contribution in [0.3, 0.4) is 0 Å². The first-order chi connectivity index (χ1) is 19.5. The molecule has 0 aliphatic heterocycles. The SMILES string of the molecule is CNCC(=O)NC#CCCC(=O)NCCC(O)(Cc1ccccc1)N(CC(C)C)S(=O)(=O)c1ccc2occc2c1. The summed E-state index contributed by atoms with van der Waals surface area (Å²) in [5.41, 5.74) is -0.515. The highest BCUT2D eigenvalue weighted by atomic mass is 32.2. The van der Waals surface area contributed by atoms with Crippen LogP contribution in [-0.4, -0.2) is 62.1 Å². The Labute approximate surface area is 241 Å². The summed E-state index contributed by atoms with van der Waals surface area (Å²) in [6.07, 6.45) is 1.79. The van der Waals surface area contributed by atoms with Crippen molar-refractivity contribution in [3.63, 3.8) is 0 Å². The normalized spacial score (nSPS) is 13.0. The van der Waals surface area contributed by atoms with Gasteiger partial charge in [0.2, 0.25) is 21.8 Å². The second kappa shape index (κ2) is 14.8. The summed E-state index contributed by atoms with van der Waals surface area (Å²) in [5.74, 6) is 2.06. The smallest absolute Gasteiger partial charge is 0.245 e. The molecule has 0 spiro atoms. The lowest BCUT2D eigenvalue weighted by Gasteiger charge is -2.40. The van der Waals surface area contributed by atoms with Crippen molar-refractivity contribution in [1.82, 2.24) is 20.3 Å². The molecule has 0 radical (unpaired) electrons. The number of carbonyl (C=O) groups is 2. The van der Waals surface area contributed by atoms with Gasteiger partial charge in [-0.05, 0) is 42.8 Å². The number of fused-ring (bicyclic) bond motifs is 1.